The van der Waals surface area contributed by atoms with Gasteiger partial charge in [-0.1, -0.05) is 12.1 Å². The van der Waals surface area contributed by atoms with Crippen LogP contribution in [0.3, 0.4) is 0 Å². The molecule has 0 spiro atoms. The number of piperidine rings is 1. The number of imidazole rings is 1. The molecule has 7 nitrogen and oxygen atoms in total. The number of hydrogen-bond acceptors (Lipinski definition) is 5. The number of likely N-dealkylation sites (tertiary alicyclic amines) is 1. The Morgan fingerprint density at radius 2 is 2.00 bits per heavy atom. The number of aryl methyl sites for hydroxylation is 1. The van der Waals surface area contributed by atoms with Crippen molar-refractivity contribution in [3.05, 3.63) is 48.0 Å². The van der Waals surface area contributed by atoms with Crippen LogP contribution in [-0.2, 0) is 7.05 Å². The van der Waals surface area contributed by atoms with Gasteiger partial charge in [0.05, 0.1) is 16.6 Å². The topological polar surface area (TPSA) is 75.9 Å². The number of nitrogens with one attached hydrogen (secondary N) is 1. The third kappa shape index (κ3) is 2.89. The molecule has 7 heteroatoms. The maximum atomic E-state index is 12.8. The lowest BCUT2D eigenvalue weighted by Gasteiger charge is -2.32. The Kier molecular flexibility index (Phi) is 4.28. The molecule has 1 unspecified atom stereocenters. The molecule has 1 N–H and O–H groups in total. The van der Waals surface area contributed by atoms with Crippen molar-refractivity contribution in [2.24, 2.45) is 7.05 Å². The van der Waals surface area contributed by atoms with E-state index < -0.39 is 0 Å². The van der Waals surface area contributed by atoms with Gasteiger partial charge < -0.3 is 14.8 Å². The number of amides is 1. The zero-order valence-electron chi connectivity index (χ0n) is 15.0. The summed E-state index contributed by atoms with van der Waals surface area (Å²) in [6, 6.07) is 8.15. The molecule has 1 saturated heterocycles. The number of anilines is 1. The summed E-state index contributed by atoms with van der Waals surface area (Å²) in [5.74, 6) is 1.78. The van der Waals surface area contributed by atoms with Crippen molar-refractivity contribution in [2.75, 3.05) is 25.5 Å². The first-order chi connectivity index (χ1) is 12.7. The zero-order valence-corrected chi connectivity index (χ0v) is 15.0. The Balaban J connectivity index is 1.56. The molecule has 1 atom stereocenters. The lowest BCUT2D eigenvalue weighted by molar-refractivity contribution is 0.0703. The molecule has 1 aliphatic rings. The average Bonchev–Trinajstić information content (AvgIpc) is 3.04. The number of hydrogen-bond donors (Lipinski definition) is 1. The van der Waals surface area contributed by atoms with Gasteiger partial charge in [0.1, 0.15) is 5.82 Å². The van der Waals surface area contributed by atoms with Gasteiger partial charge >= 0.3 is 0 Å². The molecule has 26 heavy (non-hydrogen) atoms. The first-order valence-corrected chi connectivity index (χ1v) is 8.88. The van der Waals surface area contributed by atoms with Gasteiger partial charge in [-0.2, -0.15) is 0 Å². The summed E-state index contributed by atoms with van der Waals surface area (Å²) in [6.07, 6.45) is 5.17. The molecule has 0 radical (unpaired) electrons. The van der Waals surface area contributed by atoms with E-state index in [4.69, 9.17) is 4.98 Å². The van der Waals surface area contributed by atoms with E-state index in [0.29, 0.717) is 18.1 Å². The van der Waals surface area contributed by atoms with Crippen molar-refractivity contribution in [1.29, 1.82) is 0 Å². The maximum Gasteiger partial charge on any atom is 0.257 e. The predicted molar refractivity (Wildman–Crippen MR) is 100 cm³/mol. The molecular weight excluding hydrogens is 328 g/mol. The van der Waals surface area contributed by atoms with Crippen LogP contribution < -0.4 is 5.32 Å². The lowest BCUT2D eigenvalue weighted by atomic mass is 9.96. The van der Waals surface area contributed by atoms with E-state index in [2.05, 4.69) is 33.0 Å². The molecule has 4 rings (SSSR count). The van der Waals surface area contributed by atoms with Gasteiger partial charge in [0, 0.05) is 45.5 Å². The van der Waals surface area contributed by atoms with E-state index in [0.717, 1.165) is 36.2 Å². The third-order valence-corrected chi connectivity index (χ3v) is 5.02. The largest absolute Gasteiger partial charge is 0.357 e. The number of benzene rings is 1. The number of para-hydroxylation sites is 2. The average molecular weight is 350 g/mol. The van der Waals surface area contributed by atoms with Crippen molar-refractivity contribution in [3.63, 3.8) is 0 Å². The summed E-state index contributed by atoms with van der Waals surface area (Å²) >= 11 is 0. The quantitative estimate of drug-likeness (QED) is 0.785. The fraction of sp³-hybridized carbons (Fsp3) is 0.368. The van der Waals surface area contributed by atoms with E-state index >= 15 is 0 Å². The summed E-state index contributed by atoms with van der Waals surface area (Å²) in [5, 5.41) is 2.86. The zero-order chi connectivity index (χ0) is 18.1. The second-order valence-corrected chi connectivity index (χ2v) is 6.65. The molecule has 1 aromatic carbocycles. The minimum atomic E-state index is -0.0175. The van der Waals surface area contributed by atoms with Gasteiger partial charge in [0.25, 0.3) is 5.91 Å². The number of nitrogens with zero attached hydrogens (tertiary/aromatic N) is 5. The first kappa shape index (κ1) is 16.5. The van der Waals surface area contributed by atoms with E-state index in [1.54, 1.807) is 19.4 Å². The number of carbonyl (C=O) groups excluding carboxylic acids is 1. The van der Waals surface area contributed by atoms with Gasteiger partial charge in [-0.25, -0.2) is 15.0 Å². The monoisotopic (exact) mass is 350 g/mol. The van der Waals surface area contributed by atoms with E-state index in [1.807, 2.05) is 23.1 Å². The van der Waals surface area contributed by atoms with Crippen LogP contribution in [0.25, 0.3) is 11.0 Å². The van der Waals surface area contributed by atoms with Crippen LogP contribution in [0, 0.1) is 0 Å². The van der Waals surface area contributed by atoms with Crippen LogP contribution in [0.5, 0.6) is 0 Å². The number of rotatable bonds is 3. The molecule has 0 bridgehead atoms. The smallest absolute Gasteiger partial charge is 0.257 e. The normalized spacial score (nSPS) is 17.5. The van der Waals surface area contributed by atoms with Crippen molar-refractivity contribution in [2.45, 2.75) is 18.8 Å². The van der Waals surface area contributed by atoms with Crippen LogP contribution in [-0.4, -0.2) is 50.5 Å². The molecule has 3 aromatic rings. The third-order valence-electron chi connectivity index (χ3n) is 5.02. The van der Waals surface area contributed by atoms with Crippen molar-refractivity contribution in [3.8, 4) is 0 Å². The number of aromatic nitrogens is 4. The highest BCUT2D eigenvalue weighted by atomic mass is 16.2. The van der Waals surface area contributed by atoms with E-state index in [-0.39, 0.29) is 11.8 Å². The van der Waals surface area contributed by atoms with Crippen LogP contribution in [0.4, 0.5) is 5.95 Å². The van der Waals surface area contributed by atoms with Crippen LogP contribution in [0.15, 0.2) is 36.7 Å². The highest BCUT2D eigenvalue weighted by Gasteiger charge is 2.28. The van der Waals surface area contributed by atoms with E-state index in [1.165, 1.54) is 0 Å². The molecule has 134 valence electrons. The summed E-state index contributed by atoms with van der Waals surface area (Å²) in [4.78, 5) is 27.8. The number of carbonyl (C=O) groups is 1. The van der Waals surface area contributed by atoms with Gasteiger partial charge in [-0.15, -0.1) is 0 Å². The standard InChI is InChI=1S/C19H22N6O/c1-20-19-21-10-14(11-22-19)18(26)25-9-5-6-13(12-25)17-23-15-7-3-4-8-16(15)24(17)2/h3-4,7-8,10-11,13H,5-6,9,12H2,1-2H3,(H,20,21,22). The fourth-order valence-electron chi connectivity index (χ4n) is 3.65. The Morgan fingerprint density at radius 3 is 2.73 bits per heavy atom. The molecule has 1 amide bonds. The molecule has 0 saturated carbocycles. The van der Waals surface area contributed by atoms with Crippen LogP contribution >= 0.6 is 0 Å². The van der Waals surface area contributed by atoms with Crippen LogP contribution in [0.2, 0.25) is 0 Å². The summed E-state index contributed by atoms with van der Waals surface area (Å²) in [5.41, 5.74) is 2.65. The Morgan fingerprint density at radius 1 is 1.23 bits per heavy atom. The number of fused-ring (bicyclic) bond motifs is 1. The molecule has 2 aromatic heterocycles. The second-order valence-electron chi connectivity index (χ2n) is 6.65. The van der Waals surface area contributed by atoms with Gasteiger partial charge in [0.15, 0.2) is 0 Å². The minimum absolute atomic E-state index is 0.0175. The van der Waals surface area contributed by atoms with Crippen molar-refractivity contribution in [1.82, 2.24) is 24.4 Å². The highest BCUT2D eigenvalue weighted by Crippen LogP contribution is 2.29. The summed E-state index contributed by atoms with van der Waals surface area (Å²) in [7, 11) is 3.80. The van der Waals surface area contributed by atoms with Crippen LogP contribution in [0.1, 0.15) is 34.9 Å². The first-order valence-electron chi connectivity index (χ1n) is 8.88. The molecule has 1 fully saturated rings. The van der Waals surface area contributed by atoms with Crippen molar-refractivity contribution >= 4 is 22.9 Å². The predicted octanol–water partition coefficient (Wildman–Crippen LogP) is 2.42. The highest BCUT2D eigenvalue weighted by molar-refractivity contribution is 5.93. The lowest BCUT2D eigenvalue weighted by Crippen LogP contribution is -2.39. The molecule has 0 aliphatic carbocycles. The van der Waals surface area contributed by atoms with Gasteiger partial charge in [0.2, 0.25) is 5.95 Å². The summed E-state index contributed by atoms with van der Waals surface area (Å²) in [6.45, 7) is 1.43. The second kappa shape index (κ2) is 6.74. The van der Waals surface area contributed by atoms with Gasteiger partial charge in [-0.3, -0.25) is 4.79 Å². The molecule has 3 heterocycles. The van der Waals surface area contributed by atoms with Crippen molar-refractivity contribution < 1.29 is 4.79 Å². The fourth-order valence-corrected chi connectivity index (χ4v) is 3.65. The minimum Gasteiger partial charge on any atom is -0.357 e. The maximum absolute atomic E-state index is 12.8. The van der Waals surface area contributed by atoms with Gasteiger partial charge in [-0.05, 0) is 25.0 Å². The Hall–Kier alpha value is -2.96. The van der Waals surface area contributed by atoms with E-state index in [9.17, 15) is 4.79 Å². The Labute approximate surface area is 152 Å². The Bertz CT molecular complexity index is 933. The molecular formula is C19H22N6O. The summed E-state index contributed by atoms with van der Waals surface area (Å²) < 4.78 is 2.15. The molecule has 1 aliphatic heterocycles. The SMILES string of the molecule is CNc1ncc(C(=O)N2CCCC(c3nc4ccccc4n3C)C2)cn1.